The molecule has 0 aromatic rings. The summed E-state index contributed by atoms with van der Waals surface area (Å²) in [6.07, 6.45) is 3.72. The van der Waals surface area contributed by atoms with Crippen LogP contribution in [0.2, 0.25) is 0 Å². The summed E-state index contributed by atoms with van der Waals surface area (Å²) in [7, 11) is 1.66. The average Bonchev–Trinajstić information content (AvgIpc) is 2.44. The van der Waals surface area contributed by atoms with Crippen molar-refractivity contribution in [1.29, 1.82) is 0 Å². The van der Waals surface area contributed by atoms with Gasteiger partial charge < -0.3 is 19.3 Å². The maximum Gasteiger partial charge on any atom is 0.0837 e. The van der Waals surface area contributed by atoms with E-state index in [1.807, 2.05) is 0 Å². The number of ether oxygens (including phenoxy) is 3. The van der Waals surface area contributed by atoms with Crippen LogP contribution in [0.25, 0.3) is 0 Å². The Morgan fingerprint density at radius 3 is 2.45 bits per heavy atom. The summed E-state index contributed by atoms with van der Waals surface area (Å²) in [6, 6.07) is 0. The Balaban J connectivity index is 2.29. The molecule has 1 aliphatic carbocycles. The molecule has 3 atom stereocenters. The van der Waals surface area contributed by atoms with E-state index in [1.54, 1.807) is 7.11 Å². The van der Waals surface area contributed by atoms with Gasteiger partial charge in [0.05, 0.1) is 38.6 Å². The summed E-state index contributed by atoms with van der Waals surface area (Å²) in [6.45, 7) is 9.20. The highest BCUT2D eigenvalue weighted by Crippen LogP contribution is 2.41. The quantitative estimate of drug-likeness (QED) is 0.663. The van der Waals surface area contributed by atoms with Crippen LogP contribution in [0.5, 0.6) is 0 Å². The highest BCUT2D eigenvalue weighted by Gasteiger charge is 2.36. The molecule has 1 aliphatic rings. The summed E-state index contributed by atoms with van der Waals surface area (Å²) in [4.78, 5) is 0. The van der Waals surface area contributed by atoms with Crippen LogP contribution < -0.4 is 0 Å². The van der Waals surface area contributed by atoms with Crippen molar-refractivity contribution in [2.24, 2.45) is 11.3 Å². The van der Waals surface area contributed by atoms with Crippen LogP contribution in [0.15, 0.2) is 0 Å². The average molecular weight is 288 g/mol. The molecular weight excluding hydrogens is 256 g/mol. The van der Waals surface area contributed by atoms with E-state index < -0.39 is 0 Å². The Morgan fingerprint density at radius 2 is 1.80 bits per heavy atom. The summed E-state index contributed by atoms with van der Waals surface area (Å²) in [5.74, 6) is 0.635. The Labute approximate surface area is 123 Å². The van der Waals surface area contributed by atoms with Gasteiger partial charge in [0, 0.05) is 7.11 Å². The van der Waals surface area contributed by atoms with Gasteiger partial charge in [0.25, 0.3) is 0 Å². The zero-order valence-corrected chi connectivity index (χ0v) is 13.6. The molecule has 0 heterocycles. The lowest BCUT2D eigenvalue weighted by Crippen LogP contribution is -2.41. The molecule has 1 saturated carbocycles. The predicted molar refractivity (Wildman–Crippen MR) is 79.9 cm³/mol. The fraction of sp³-hybridized carbons (Fsp3) is 1.00. The number of rotatable bonds is 9. The second kappa shape index (κ2) is 8.98. The van der Waals surface area contributed by atoms with E-state index in [-0.39, 0.29) is 12.2 Å². The lowest BCUT2D eigenvalue weighted by molar-refractivity contribution is -0.0976. The third kappa shape index (κ3) is 5.68. The second-order valence-electron chi connectivity index (χ2n) is 6.43. The Bertz CT molecular complexity index is 255. The molecule has 0 aliphatic heterocycles. The molecule has 3 unspecified atom stereocenters. The van der Waals surface area contributed by atoms with Gasteiger partial charge in [-0.2, -0.15) is 0 Å². The topological polar surface area (TPSA) is 47.9 Å². The second-order valence-corrected chi connectivity index (χ2v) is 6.43. The normalized spacial score (nSPS) is 27.8. The van der Waals surface area contributed by atoms with Gasteiger partial charge in [-0.15, -0.1) is 0 Å². The first-order chi connectivity index (χ1) is 9.51. The Hall–Kier alpha value is -0.160. The molecule has 1 fully saturated rings. The van der Waals surface area contributed by atoms with Crippen LogP contribution in [-0.4, -0.2) is 50.9 Å². The van der Waals surface area contributed by atoms with E-state index in [0.717, 1.165) is 19.3 Å². The van der Waals surface area contributed by atoms with Crippen molar-refractivity contribution in [2.45, 2.75) is 58.7 Å². The fourth-order valence-corrected chi connectivity index (χ4v) is 2.79. The van der Waals surface area contributed by atoms with Gasteiger partial charge >= 0.3 is 0 Å². The van der Waals surface area contributed by atoms with E-state index >= 15 is 0 Å². The standard InChI is InChI=1S/C16H32O4/c1-5-16(2,3)13-6-7-14(17)15(12-13)20-11-10-19-9-8-18-4/h13-15,17H,5-12H2,1-4H3. The van der Waals surface area contributed by atoms with E-state index in [0.29, 0.717) is 37.8 Å². The van der Waals surface area contributed by atoms with E-state index in [4.69, 9.17) is 14.2 Å². The maximum atomic E-state index is 10.1. The molecule has 0 aromatic carbocycles. The van der Waals surface area contributed by atoms with Gasteiger partial charge in [0.15, 0.2) is 0 Å². The molecule has 120 valence electrons. The minimum Gasteiger partial charge on any atom is -0.390 e. The number of methoxy groups -OCH3 is 1. The van der Waals surface area contributed by atoms with Crippen LogP contribution in [0, 0.1) is 11.3 Å². The van der Waals surface area contributed by atoms with E-state index in [2.05, 4.69) is 20.8 Å². The van der Waals surface area contributed by atoms with E-state index in [1.165, 1.54) is 6.42 Å². The molecule has 0 aromatic heterocycles. The van der Waals surface area contributed by atoms with Crippen molar-refractivity contribution in [3.05, 3.63) is 0 Å². The Morgan fingerprint density at radius 1 is 1.10 bits per heavy atom. The van der Waals surface area contributed by atoms with Crippen LogP contribution in [0.3, 0.4) is 0 Å². The summed E-state index contributed by atoms with van der Waals surface area (Å²) < 4.78 is 16.1. The third-order valence-electron chi connectivity index (χ3n) is 4.76. The van der Waals surface area contributed by atoms with Crippen LogP contribution in [0.1, 0.15) is 46.5 Å². The minimum atomic E-state index is -0.321. The maximum absolute atomic E-state index is 10.1. The Kier molecular flexibility index (Phi) is 8.03. The number of aliphatic hydroxyl groups is 1. The lowest BCUT2D eigenvalue weighted by atomic mass is 9.68. The fourth-order valence-electron chi connectivity index (χ4n) is 2.79. The highest BCUT2D eigenvalue weighted by atomic mass is 16.5. The molecule has 1 N–H and O–H groups in total. The molecule has 1 rings (SSSR count). The lowest BCUT2D eigenvalue weighted by Gasteiger charge is -2.41. The molecular formula is C16H32O4. The zero-order chi connectivity index (χ0) is 15.0. The molecule has 4 nitrogen and oxygen atoms in total. The van der Waals surface area contributed by atoms with Crippen molar-refractivity contribution in [3.63, 3.8) is 0 Å². The number of hydrogen-bond acceptors (Lipinski definition) is 4. The zero-order valence-electron chi connectivity index (χ0n) is 13.6. The molecule has 20 heavy (non-hydrogen) atoms. The number of hydrogen-bond donors (Lipinski definition) is 1. The molecule has 4 heteroatoms. The van der Waals surface area contributed by atoms with Crippen LogP contribution in [0.4, 0.5) is 0 Å². The smallest absolute Gasteiger partial charge is 0.0837 e. The molecule has 0 radical (unpaired) electrons. The number of aliphatic hydroxyl groups excluding tert-OH is 1. The largest absolute Gasteiger partial charge is 0.390 e. The molecule has 0 saturated heterocycles. The van der Waals surface area contributed by atoms with Gasteiger partial charge in [0.1, 0.15) is 0 Å². The van der Waals surface area contributed by atoms with Gasteiger partial charge in [-0.05, 0) is 30.6 Å². The molecule has 0 bridgehead atoms. The van der Waals surface area contributed by atoms with Crippen molar-refractivity contribution >= 4 is 0 Å². The van der Waals surface area contributed by atoms with E-state index in [9.17, 15) is 5.11 Å². The first kappa shape index (κ1) is 17.9. The first-order valence-electron chi connectivity index (χ1n) is 7.87. The summed E-state index contributed by atoms with van der Waals surface area (Å²) in [5.41, 5.74) is 0.330. The third-order valence-corrected chi connectivity index (χ3v) is 4.76. The summed E-state index contributed by atoms with van der Waals surface area (Å²) in [5, 5.41) is 10.1. The first-order valence-corrected chi connectivity index (χ1v) is 7.87. The van der Waals surface area contributed by atoms with Gasteiger partial charge in [0.2, 0.25) is 0 Å². The predicted octanol–water partition coefficient (Wildman–Crippen LogP) is 2.63. The minimum absolute atomic E-state index is 0.0365. The van der Waals surface area contributed by atoms with Crippen molar-refractivity contribution in [2.75, 3.05) is 33.5 Å². The monoisotopic (exact) mass is 288 g/mol. The van der Waals surface area contributed by atoms with Gasteiger partial charge in [-0.25, -0.2) is 0 Å². The highest BCUT2D eigenvalue weighted by molar-refractivity contribution is 4.87. The van der Waals surface area contributed by atoms with Crippen molar-refractivity contribution < 1.29 is 19.3 Å². The van der Waals surface area contributed by atoms with Crippen molar-refractivity contribution in [1.82, 2.24) is 0 Å². The van der Waals surface area contributed by atoms with Crippen molar-refractivity contribution in [3.8, 4) is 0 Å². The van der Waals surface area contributed by atoms with Gasteiger partial charge in [-0.3, -0.25) is 0 Å². The van der Waals surface area contributed by atoms with Crippen LogP contribution >= 0.6 is 0 Å². The molecule has 0 spiro atoms. The summed E-state index contributed by atoms with van der Waals surface area (Å²) >= 11 is 0. The van der Waals surface area contributed by atoms with Gasteiger partial charge in [-0.1, -0.05) is 27.2 Å². The van der Waals surface area contributed by atoms with Crippen LogP contribution in [-0.2, 0) is 14.2 Å². The SMILES string of the molecule is CCC(C)(C)C1CCC(O)C(OCCOCCOC)C1. The molecule has 0 amide bonds.